The number of aromatic nitrogens is 1. The Morgan fingerprint density at radius 3 is 2.71 bits per heavy atom. The summed E-state index contributed by atoms with van der Waals surface area (Å²) in [5.41, 5.74) is 0.776. The number of pyridine rings is 1. The third-order valence-electron chi connectivity index (χ3n) is 3.15. The van der Waals surface area contributed by atoms with E-state index in [9.17, 15) is 14.9 Å². The molecule has 0 amide bonds. The predicted octanol–water partition coefficient (Wildman–Crippen LogP) is 2.31. The number of aromatic amines is 1. The van der Waals surface area contributed by atoms with Crippen molar-refractivity contribution in [3.05, 3.63) is 50.4 Å². The van der Waals surface area contributed by atoms with Crippen LogP contribution in [0.1, 0.15) is 24.3 Å². The van der Waals surface area contributed by atoms with Gasteiger partial charge < -0.3 is 4.98 Å². The van der Waals surface area contributed by atoms with Crippen molar-refractivity contribution in [3.63, 3.8) is 0 Å². The van der Waals surface area contributed by atoms with Gasteiger partial charge in [0.05, 0.1) is 10.3 Å². The van der Waals surface area contributed by atoms with E-state index in [0.29, 0.717) is 11.3 Å². The second-order valence-corrected chi connectivity index (χ2v) is 4.33. The molecule has 1 N–H and O–H groups in total. The van der Waals surface area contributed by atoms with E-state index >= 15 is 0 Å². The average Bonchev–Trinajstić information content (AvgIpc) is 3.13. The van der Waals surface area contributed by atoms with Crippen molar-refractivity contribution in [2.75, 3.05) is 0 Å². The molecule has 1 aromatic carbocycles. The van der Waals surface area contributed by atoms with E-state index in [2.05, 4.69) is 4.98 Å². The molecule has 1 aliphatic carbocycles. The van der Waals surface area contributed by atoms with Crippen LogP contribution in [0.25, 0.3) is 10.8 Å². The topological polar surface area (TPSA) is 76.0 Å². The highest BCUT2D eigenvalue weighted by Gasteiger charge is 2.26. The molecule has 1 saturated carbocycles. The van der Waals surface area contributed by atoms with Crippen LogP contribution in [0.15, 0.2) is 29.2 Å². The number of non-ortho nitro benzene ring substituents is 1. The zero-order valence-electron chi connectivity index (χ0n) is 8.97. The molecule has 0 aliphatic heterocycles. The Morgan fingerprint density at radius 2 is 2.06 bits per heavy atom. The van der Waals surface area contributed by atoms with Gasteiger partial charge in [0, 0.05) is 18.3 Å². The van der Waals surface area contributed by atoms with Crippen molar-refractivity contribution >= 4 is 16.5 Å². The Hall–Kier alpha value is -2.17. The van der Waals surface area contributed by atoms with Gasteiger partial charge in [0.1, 0.15) is 0 Å². The van der Waals surface area contributed by atoms with Crippen LogP contribution in [0, 0.1) is 10.1 Å². The lowest BCUT2D eigenvalue weighted by Gasteiger charge is -2.03. The van der Waals surface area contributed by atoms with E-state index in [1.54, 1.807) is 12.3 Å². The number of nitro benzene ring substituents is 1. The Bertz CT molecular complexity index is 671. The largest absolute Gasteiger partial charge is 0.328 e. The highest BCUT2D eigenvalue weighted by atomic mass is 16.6. The van der Waals surface area contributed by atoms with Gasteiger partial charge in [-0.3, -0.25) is 14.9 Å². The number of H-pyrrole nitrogens is 1. The first-order chi connectivity index (χ1) is 8.16. The van der Waals surface area contributed by atoms with E-state index in [-0.39, 0.29) is 11.2 Å². The summed E-state index contributed by atoms with van der Waals surface area (Å²) in [6, 6.07) is 4.48. The first-order valence-electron chi connectivity index (χ1n) is 5.46. The summed E-state index contributed by atoms with van der Waals surface area (Å²) < 4.78 is 0. The van der Waals surface area contributed by atoms with E-state index in [0.717, 1.165) is 23.8 Å². The highest BCUT2D eigenvalue weighted by molar-refractivity contribution is 5.87. The minimum absolute atomic E-state index is 0.0454. The monoisotopic (exact) mass is 230 g/mol. The molecule has 5 heteroatoms. The Labute approximate surface area is 96.2 Å². The summed E-state index contributed by atoms with van der Waals surface area (Å²) in [6.07, 6.45) is 3.98. The maximum absolute atomic E-state index is 11.7. The molecule has 0 bridgehead atoms. The normalized spacial score (nSPS) is 15.1. The van der Waals surface area contributed by atoms with Crippen LogP contribution < -0.4 is 5.56 Å². The standard InChI is InChI=1S/C12H10N2O3/c15-12-10-5-8(14(16)17)3-4-9(10)11(6-13-12)7-1-2-7/h3-7H,1-2H2,(H,13,15). The third-order valence-corrected chi connectivity index (χ3v) is 3.15. The molecule has 5 nitrogen and oxygen atoms in total. The molecule has 1 fully saturated rings. The first kappa shape index (κ1) is 10.0. The molecular formula is C12H10N2O3. The van der Waals surface area contributed by atoms with Gasteiger partial charge in [0.15, 0.2) is 0 Å². The zero-order chi connectivity index (χ0) is 12.0. The number of nitro groups is 1. The van der Waals surface area contributed by atoms with Crippen LogP contribution in [0.2, 0.25) is 0 Å². The quantitative estimate of drug-likeness (QED) is 0.635. The van der Waals surface area contributed by atoms with Crippen molar-refractivity contribution in [2.24, 2.45) is 0 Å². The van der Waals surface area contributed by atoms with Crippen LogP contribution in [0.3, 0.4) is 0 Å². The van der Waals surface area contributed by atoms with Gasteiger partial charge in [0.2, 0.25) is 0 Å². The summed E-state index contributed by atoms with van der Waals surface area (Å²) in [4.78, 5) is 24.5. The van der Waals surface area contributed by atoms with Crippen molar-refractivity contribution in [3.8, 4) is 0 Å². The van der Waals surface area contributed by atoms with Gasteiger partial charge in [-0.2, -0.15) is 0 Å². The molecule has 1 aromatic heterocycles. The summed E-state index contributed by atoms with van der Waals surface area (Å²) in [6.45, 7) is 0. The van der Waals surface area contributed by atoms with E-state index < -0.39 is 4.92 Å². The maximum Gasteiger partial charge on any atom is 0.270 e. The molecule has 1 aliphatic rings. The number of hydrogen-bond donors (Lipinski definition) is 1. The summed E-state index contributed by atoms with van der Waals surface area (Å²) in [7, 11) is 0. The fourth-order valence-electron chi connectivity index (χ4n) is 2.12. The molecule has 0 atom stereocenters. The smallest absolute Gasteiger partial charge is 0.270 e. The Morgan fingerprint density at radius 1 is 1.29 bits per heavy atom. The second kappa shape index (κ2) is 3.41. The van der Waals surface area contributed by atoms with Gasteiger partial charge in [-0.1, -0.05) is 0 Å². The third kappa shape index (κ3) is 1.60. The molecular weight excluding hydrogens is 220 g/mol. The average molecular weight is 230 g/mol. The van der Waals surface area contributed by atoms with Crippen LogP contribution in [-0.4, -0.2) is 9.91 Å². The Kier molecular flexibility index (Phi) is 2.01. The van der Waals surface area contributed by atoms with Crippen LogP contribution >= 0.6 is 0 Å². The molecule has 2 aromatic rings. The van der Waals surface area contributed by atoms with Gasteiger partial charge in [-0.05, 0) is 35.8 Å². The number of nitrogens with one attached hydrogen (secondary N) is 1. The molecule has 0 saturated heterocycles. The molecule has 3 rings (SSSR count). The first-order valence-corrected chi connectivity index (χ1v) is 5.46. The van der Waals surface area contributed by atoms with Gasteiger partial charge >= 0.3 is 0 Å². The fraction of sp³-hybridized carbons (Fsp3) is 0.250. The molecule has 0 spiro atoms. The van der Waals surface area contributed by atoms with Gasteiger partial charge in [-0.25, -0.2) is 0 Å². The molecule has 0 radical (unpaired) electrons. The number of benzene rings is 1. The van der Waals surface area contributed by atoms with Crippen LogP contribution in [0.4, 0.5) is 5.69 Å². The van der Waals surface area contributed by atoms with Gasteiger partial charge in [-0.15, -0.1) is 0 Å². The Balaban J connectivity index is 2.32. The number of nitrogens with zero attached hydrogens (tertiary/aromatic N) is 1. The lowest BCUT2D eigenvalue weighted by molar-refractivity contribution is -0.384. The predicted molar refractivity (Wildman–Crippen MR) is 63.2 cm³/mol. The summed E-state index contributed by atoms with van der Waals surface area (Å²) in [5, 5.41) is 11.9. The molecule has 86 valence electrons. The minimum Gasteiger partial charge on any atom is -0.328 e. The van der Waals surface area contributed by atoms with E-state index in [1.807, 2.05) is 0 Å². The minimum atomic E-state index is -0.483. The van der Waals surface area contributed by atoms with Crippen LogP contribution in [-0.2, 0) is 0 Å². The molecule has 17 heavy (non-hydrogen) atoms. The number of hydrogen-bond acceptors (Lipinski definition) is 3. The molecule has 1 heterocycles. The fourth-order valence-corrected chi connectivity index (χ4v) is 2.12. The molecule has 0 unspecified atom stereocenters. The lowest BCUT2D eigenvalue weighted by atomic mass is 10.0. The number of fused-ring (bicyclic) bond motifs is 1. The summed E-state index contributed by atoms with van der Waals surface area (Å²) >= 11 is 0. The summed E-state index contributed by atoms with van der Waals surface area (Å²) in [5.74, 6) is 0.496. The van der Waals surface area contributed by atoms with Crippen molar-refractivity contribution in [1.82, 2.24) is 4.98 Å². The van der Waals surface area contributed by atoms with E-state index in [1.165, 1.54) is 12.1 Å². The van der Waals surface area contributed by atoms with Crippen molar-refractivity contribution in [1.29, 1.82) is 0 Å². The van der Waals surface area contributed by atoms with E-state index in [4.69, 9.17) is 0 Å². The van der Waals surface area contributed by atoms with Gasteiger partial charge in [0.25, 0.3) is 11.2 Å². The van der Waals surface area contributed by atoms with Crippen molar-refractivity contribution < 1.29 is 4.92 Å². The van der Waals surface area contributed by atoms with Crippen molar-refractivity contribution in [2.45, 2.75) is 18.8 Å². The van der Waals surface area contributed by atoms with Crippen LogP contribution in [0.5, 0.6) is 0 Å². The maximum atomic E-state index is 11.7. The second-order valence-electron chi connectivity index (χ2n) is 4.33. The number of rotatable bonds is 2. The SMILES string of the molecule is O=c1[nH]cc(C2CC2)c2ccc([N+](=O)[O-])cc12. The highest BCUT2D eigenvalue weighted by Crippen LogP contribution is 2.42. The zero-order valence-corrected chi connectivity index (χ0v) is 8.97. The lowest BCUT2D eigenvalue weighted by Crippen LogP contribution is -2.07.